The molecule has 0 saturated carbocycles. The third-order valence-electron chi connectivity index (χ3n) is 8.50. The molecule has 216 valence electrons. The Bertz CT molecular complexity index is 2460. The van der Waals surface area contributed by atoms with Gasteiger partial charge in [0.1, 0.15) is 0 Å². The van der Waals surface area contributed by atoms with Crippen LogP contribution in [-0.4, -0.2) is 19.5 Å². The molecule has 0 amide bonds. The summed E-state index contributed by atoms with van der Waals surface area (Å²) < 4.78 is 4.61. The van der Waals surface area contributed by atoms with Gasteiger partial charge in [0.25, 0.3) is 0 Å². The van der Waals surface area contributed by atoms with Crippen molar-refractivity contribution in [1.29, 1.82) is 0 Å². The third kappa shape index (κ3) is 4.48. The Morgan fingerprint density at radius 2 is 1.02 bits per heavy atom. The summed E-state index contributed by atoms with van der Waals surface area (Å²) in [6, 6.07) is 52.9. The average molecular weight is 607 g/mol. The second-order valence-electron chi connectivity index (χ2n) is 11.3. The Morgan fingerprint density at radius 1 is 0.435 bits per heavy atom. The zero-order chi connectivity index (χ0) is 30.5. The van der Waals surface area contributed by atoms with Gasteiger partial charge in [0.15, 0.2) is 11.6 Å². The van der Waals surface area contributed by atoms with E-state index in [1.165, 1.54) is 42.4 Å². The van der Waals surface area contributed by atoms with Crippen molar-refractivity contribution in [2.75, 3.05) is 0 Å². The van der Waals surface area contributed by atoms with Crippen LogP contribution in [0.1, 0.15) is 0 Å². The molecule has 0 aliphatic heterocycles. The molecule has 3 aromatic heterocycles. The van der Waals surface area contributed by atoms with Crippen LogP contribution in [0.5, 0.6) is 0 Å². The lowest BCUT2D eigenvalue weighted by molar-refractivity contribution is 0.935. The van der Waals surface area contributed by atoms with Crippen LogP contribution in [0.25, 0.3) is 82.1 Å². The van der Waals surface area contributed by atoms with Crippen molar-refractivity contribution in [2.45, 2.75) is 0 Å². The SMILES string of the molecule is c1ccc(-c2cccc(-c3cccc4c3sc3c4ccc4ccn(-c5nc(-c6ccccc6)nc(-c6ccccc6)n5)c43)c2)cc1. The Morgan fingerprint density at radius 3 is 1.72 bits per heavy atom. The van der Waals surface area contributed by atoms with Crippen LogP contribution in [0, 0.1) is 0 Å². The molecule has 46 heavy (non-hydrogen) atoms. The van der Waals surface area contributed by atoms with Gasteiger partial charge in [0.2, 0.25) is 5.95 Å². The predicted octanol–water partition coefficient (Wildman–Crippen LogP) is 10.9. The van der Waals surface area contributed by atoms with Gasteiger partial charge in [-0.05, 0) is 34.4 Å². The Hall–Kier alpha value is -5.91. The molecule has 9 aromatic rings. The maximum Gasteiger partial charge on any atom is 0.238 e. The molecule has 0 aliphatic carbocycles. The molecule has 9 rings (SSSR count). The summed E-state index contributed by atoms with van der Waals surface area (Å²) in [5, 5.41) is 3.63. The molecule has 0 spiro atoms. The molecule has 0 fully saturated rings. The van der Waals surface area contributed by atoms with Gasteiger partial charge in [0.05, 0.1) is 10.2 Å². The highest BCUT2D eigenvalue weighted by molar-refractivity contribution is 7.27. The fraction of sp³-hybridized carbons (Fsp3) is 0. The minimum absolute atomic E-state index is 0.600. The maximum absolute atomic E-state index is 5.03. The first-order chi connectivity index (χ1) is 22.8. The second-order valence-corrected chi connectivity index (χ2v) is 12.3. The van der Waals surface area contributed by atoms with E-state index in [1.54, 1.807) is 0 Å². The molecule has 0 aliphatic rings. The summed E-state index contributed by atoms with van der Waals surface area (Å²) in [6.07, 6.45) is 2.08. The first kappa shape index (κ1) is 26.5. The molecule has 0 unspecified atom stereocenters. The normalized spacial score (nSPS) is 11.5. The van der Waals surface area contributed by atoms with Gasteiger partial charge in [-0.2, -0.15) is 9.97 Å². The molecule has 0 bridgehead atoms. The summed E-state index contributed by atoms with van der Waals surface area (Å²) >= 11 is 1.84. The Labute approximate surface area is 269 Å². The molecule has 6 aromatic carbocycles. The van der Waals surface area contributed by atoms with Crippen molar-refractivity contribution in [3.05, 3.63) is 158 Å². The smallest absolute Gasteiger partial charge is 0.238 e. The molecule has 0 atom stereocenters. The summed E-state index contributed by atoms with van der Waals surface area (Å²) in [5.74, 6) is 1.90. The van der Waals surface area contributed by atoms with Gasteiger partial charge in [-0.15, -0.1) is 11.3 Å². The summed E-state index contributed by atoms with van der Waals surface area (Å²) in [4.78, 5) is 15.0. The molecule has 3 heterocycles. The first-order valence-electron chi connectivity index (χ1n) is 15.3. The zero-order valence-electron chi connectivity index (χ0n) is 24.7. The number of rotatable bonds is 5. The highest BCUT2D eigenvalue weighted by atomic mass is 32.1. The average Bonchev–Trinajstić information content (AvgIpc) is 3.75. The fourth-order valence-corrected chi connectivity index (χ4v) is 7.66. The van der Waals surface area contributed by atoms with Crippen molar-refractivity contribution in [1.82, 2.24) is 19.5 Å². The van der Waals surface area contributed by atoms with E-state index in [-0.39, 0.29) is 0 Å². The second kappa shape index (κ2) is 10.9. The number of hydrogen-bond acceptors (Lipinski definition) is 4. The van der Waals surface area contributed by atoms with Crippen molar-refractivity contribution in [3.8, 4) is 51.0 Å². The standard InChI is InChI=1S/C41H26N4S/c1-4-12-27(13-5-1)31-18-10-19-32(26-31)33-20-11-21-34-35-23-22-28-24-25-45(36(28)38(35)46-37(33)34)41-43-39(29-14-6-2-7-15-29)42-40(44-41)30-16-8-3-9-17-30/h1-26H. The van der Waals surface area contributed by atoms with Crippen LogP contribution in [-0.2, 0) is 0 Å². The van der Waals surface area contributed by atoms with Crippen LogP contribution < -0.4 is 0 Å². The van der Waals surface area contributed by atoms with Crippen LogP contribution in [0.15, 0.2) is 158 Å². The van der Waals surface area contributed by atoms with Crippen molar-refractivity contribution in [2.24, 2.45) is 0 Å². The van der Waals surface area contributed by atoms with E-state index in [2.05, 4.69) is 102 Å². The lowest BCUT2D eigenvalue weighted by Crippen LogP contribution is -2.05. The highest BCUT2D eigenvalue weighted by Crippen LogP contribution is 2.43. The zero-order valence-corrected chi connectivity index (χ0v) is 25.5. The van der Waals surface area contributed by atoms with E-state index in [0.717, 1.165) is 22.0 Å². The number of benzene rings is 6. The number of aromatic nitrogens is 4. The third-order valence-corrected chi connectivity index (χ3v) is 9.76. The van der Waals surface area contributed by atoms with E-state index < -0.39 is 0 Å². The fourth-order valence-electron chi connectivity index (χ4n) is 6.27. The lowest BCUT2D eigenvalue weighted by atomic mass is 9.98. The molecule has 0 N–H and O–H groups in total. The molecular formula is C41H26N4S. The van der Waals surface area contributed by atoms with E-state index >= 15 is 0 Å². The van der Waals surface area contributed by atoms with Gasteiger partial charge >= 0.3 is 0 Å². The Kier molecular flexibility index (Phi) is 6.28. The molecule has 0 radical (unpaired) electrons. The first-order valence-corrected chi connectivity index (χ1v) is 16.1. The highest BCUT2D eigenvalue weighted by Gasteiger charge is 2.18. The van der Waals surface area contributed by atoms with Crippen LogP contribution in [0.2, 0.25) is 0 Å². The van der Waals surface area contributed by atoms with E-state index in [9.17, 15) is 0 Å². The summed E-state index contributed by atoms with van der Waals surface area (Å²) in [7, 11) is 0. The molecule has 4 nitrogen and oxygen atoms in total. The number of hydrogen-bond donors (Lipinski definition) is 0. The number of fused-ring (bicyclic) bond motifs is 5. The van der Waals surface area contributed by atoms with Crippen LogP contribution >= 0.6 is 11.3 Å². The maximum atomic E-state index is 5.03. The van der Waals surface area contributed by atoms with Crippen molar-refractivity contribution < 1.29 is 0 Å². The topological polar surface area (TPSA) is 43.6 Å². The number of nitrogens with zero attached hydrogens (tertiary/aromatic N) is 4. The Balaban J connectivity index is 1.26. The quantitative estimate of drug-likeness (QED) is 0.196. The van der Waals surface area contributed by atoms with Crippen molar-refractivity contribution in [3.63, 3.8) is 0 Å². The number of thiophene rings is 1. The molecular weight excluding hydrogens is 581 g/mol. The van der Waals surface area contributed by atoms with Crippen LogP contribution in [0.4, 0.5) is 0 Å². The van der Waals surface area contributed by atoms with Crippen LogP contribution in [0.3, 0.4) is 0 Å². The monoisotopic (exact) mass is 606 g/mol. The molecule has 5 heteroatoms. The van der Waals surface area contributed by atoms with E-state index in [1.807, 2.05) is 72.0 Å². The summed E-state index contributed by atoms with van der Waals surface area (Å²) in [6.45, 7) is 0. The van der Waals surface area contributed by atoms with Gasteiger partial charge in [-0.3, -0.25) is 4.57 Å². The van der Waals surface area contributed by atoms with E-state index in [4.69, 9.17) is 15.0 Å². The minimum Gasteiger partial charge on any atom is -0.284 e. The van der Waals surface area contributed by atoms with Gasteiger partial charge in [-0.1, -0.05) is 140 Å². The van der Waals surface area contributed by atoms with Gasteiger partial charge in [-0.25, -0.2) is 4.98 Å². The lowest BCUT2D eigenvalue weighted by Gasteiger charge is -2.10. The van der Waals surface area contributed by atoms with Crippen molar-refractivity contribution >= 4 is 42.4 Å². The van der Waals surface area contributed by atoms with Gasteiger partial charge in [0, 0.05) is 38.2 Å². The van der Waals surface area contributed by atoms with E-state index in [0.29, 0.717) is 17.6 Å². The predicted molar refractivity (Wildman–Crippen MR) is 191 cm³/mol. The van der Waals surface area contributed by atoms with Gasteiger partial charge < -0.3 is 0 Å². The molecule has 0 saturated heterocycles. The largest absolute Gasteiger partial charge is 0.284 e. The summed E-state index contributed by atoms with van der Waals surface area (Å²) in [5.41, 5.74) is 7.89. The minimum atomic E-state index is 0.600.